The van der Waals surface area contributed by atoms with E-state index in [4.69, 9.17) is 4.74 Å². The molecule has 2 aromatic rings. The van der Waals surface area contributed by atoms with Gasteiger partial charge in [-0.05, 0) is 12.0 Å². The van der Waals surface area contributed by atoms with Crippen molar-refractivity contribution in [1.29, 1.82) is 0 Å². The minimum atomic E-state index is 0. The molecule has 1 aromatic heterocycles. The van der Waals surface area contributed by atoms with Gasteiger partial charge in [0.25, 0.3) is 0 Å². The topological polar surface area (TPSA) is 54.7 Å². The zero-order valence-electron chi connectivity index (χ0n) is 15.5. The lowest BCUT2D eigenvalue weighted by molar-refractivity contribution is 0.0906. The first-order chi connectivity index (χ1) is 12.2. The van der Waals surface area contributed by atoms with Crippen LogP contribution in [-0.4, -0.2) is 47.4 Å². The number of aliphatic imine (C=N–C) groups is 1. The Kier molecular flexibility index (Phi) is 8.37. The van der Waals surface area contributed by atoms with Crippen molar-refractivity contribution in [3.8, 4) is 0 Å². The molecule has 142 valence electrons. The van der Waals surface area contributed by atoms with E-state index in [1.165, 1.54) is 5.56 Å². The van der Waals surface area contributed by atoms with Crippen molar-refractivity contribution in [2.75, 3.05) is 26.7 Å². The van der Waals surface area contributed by atoms with Gasteiger partial charge >= 0.3 is 0 Å². The minimum absolute atomic E-state index is 0. The third-order valence-electron chi connectivity index (χ3n) is 4.47. The Morgan fingerprint density at radius 3 is 2.81 bits per heavy atom. The van der Waals surface area contributed by atoms with Gasteiger partial charge in [0.05, 0.1) is 19.4 Å². The van der Waals surface area contributed by atoms with Gasteiger partial charge in [-0.15, -0.1) is 24.0 Å². The second-order valence-electron chi connectivity index (χ2n) is 6.52. The molecule has 1 aliphatic heterocycles. The molecule has 1 saturated heterocycles. The maximum atomic E-state index is 5.90. The van der Waals surface area contributed by atoms with Crippen LogP contribution in [0.5, 0.6) is 0 Å². The minimum Gasteiger partial charge on any atom is -0.376 e. The van der Waals surface area contributed by atoms with Crippen LogP contribution < -0.4 is 5.32 Å². The molecule has 0 bridgehead atoms. The Labute approximate surface area is 172 Å². The van der Waals surface area contributed by atoms with Gasteiger partial charge in [0.1, 0.15) is 0 Å². The molecule has 0 amide bonds. The second kappa shape index (κ2) is 10.5. The summed E-state index contributed by atoms with van der Waals surface area (Å²) in [4.78, 5) is 6.73. The van der Waals surface area contributed by atoms with E-state index in [1.807, 2.05) is 49.4 Å². The van der Waals surface area contributed by atoms with Gasteiger partial charge in [-0.25, -0.2) is 0 Å². The predicted molar refractivity (Wildman–Crippen MR) is 115 cm³/mol. The molecular formula is C19H28IN5O. The highest BCUT2D eigenvalue weighted by molar-refractivity contribution is 14.0. The number of hydrogen-bond donors (Lipinski definition) is 1. The zero-order chi connectivity index (χ0) is 17.5. The summed E-state index contributed by atoms with van der Waals surface area (Å²) in [6, 6.07) is 10.3. The van der Waals surface area contributed by atoms with Crippen molar-refractivity contribution in [1.82, 2.24) is 20.0 Å². The van der Waals surface area contributed by atoms with E-state index < -0.39 is 0 Å². The van der Waals surface area contributed by atoms with Crippen molar-refractivity contribution >= 4 is 29.9 Å². The van der Waals surface area contributed by atoms with Crippen LogP contribution in [-0.2, 0) is 24.9 Å². The highest BCUT2D eigenvalue weighted by Crippen LogP contribution is 2.17. The van der Waals surface area contributed by atoms with E-state index in [2.05, 4.69) is 32.4 Å². The highest BCUT2D eigenvalue weighted by atomic mass is 127. The van der Waals surface area contributed by atoms with Crippen molar-refractivity contribution in [2.24, 2.45) is 18.0 Å². The summed E-state index contributed by atoms with van der Waals surface area (Å²) in [5.41, 5.74) is 2.39. The number of nitrogens with one attached hydrogen (secondary N) is 1. The van der Waals surface area contributed by atoms with Crippen molar-refractivity contribution in [2.45, 2.75) is 19.6 Å². The molecule has 0 aliphatic carbocycles. The van der Waals surface area contributed by atoms with E-state index >= 15 is 0 Å². The number of benzene rings is 1. The van der Waals surface area contributed by atoms with Gasteiger partial charge in [0, 0.05) is 51.4 Å². The van der Waals surface area contributed by atoms with Gasteiger partial charge < -0.3 is 15.0 Å². The number of nitrogens with zero attached hydrogens (tertiary/aromatic N) is 4. The number of aryl methyl sites for hydroxylation is 1. The normalized spacial score (nSPS) is 17.2. The lowest BCUT2D eigenvalue weighted by atomic mass is 10.1. The fourth-order valence-electron chi connectivity index (χ4n) is 3.16. The summed E-state index contributed by atoms with van der Waals surface area (Å²) in [7, 11) is 3.77. The van der Waals surface area contributed by atoms with Gasteiger partial charge in [-0.3, -0.25) is 9.67 Å². The molecule has 3 rings (SSSR count). The first kappa shape index (κ1) is 20.7. The fourth-order valence-corrected chi connectivity index (χ4v) is 3.16. The second-order valence-corrected chi connectivity index (χ2v) is 6.52. The molecule has 1 aromatic carbocycles. The molecule has 1 aliphatic rings. The molecule has 0 saturated carbocycles. The summed E-state index contributed by atoms with van der Waals surface area (Å²) in [6.45, 7) is 4.23. The van der Waals surface area contributed by atoms with Crippen LogP contribution in [0.4, 0.5) is 0 Å². The highest BCUT2D eigenvalue weighted by Gasteiger charge is 2.24. The van der Waals surface area contributed by atoms with Gasteiger partial charge in [-0.1, -0.05) is 30.3 Å². The smallest absolute Gasteiger partial charge is 0.193 e. The number of ether oxygens (including phenoxy) is 1. The van der Waals surface area contributed by atoms with Crippen molar-refractivity contribution < 1.29 is 4.74 Å². The molecule has 2 heterocycles. The number of guanidine groups is 1. The van der Waals surface area contributed by atoms with E-state index in [-0.39, 0.29) is 24.0 Å². The average Bonchev–Trinajstić information content (AvgIpc) is 3.26. The Balaban J connectivity index is 0.00000243. The quantitative estimate of drug-likeness (QED) is 0.402. The van der Waals surface area contributed by atoms with Crippen LogP contribution in [0.3, 0.4) is 0 Å². The van der Waals surface area contributed by atoms with E-state index in [9.17, 15) is 0 Å². The molecule has 7 heteroatoms. The number of aromatic nitrogens is 2. The number of hydrogen-bond acceptors (Lipinski definition) is 3. The lowest BCUT2D eigenvalue weighted by Crippen LogP contribution is -2.39. The fraction of sp³-hybridized carbons (Fsp3) is 0.474. The third-order valence-corrected chi connectivity index (χ3v) is 4.47. The van der Waals surface area contributed by atoms with Gasteiger partial charge in [0.2, 0.25) is 0 Å². The van der Waals surface area contributed by atoms with Gasteiger partial charge in [0.15, 0.2) is 5.96 Å². The summed E-state index contributed by atoms with van der Waals surface area (Å²) in [5.74, 6) is 1.51. The molecule has 6 nitrogen and oxygen atoms in total. The molecule has 26 heavy (non-hydrogen) atoms. The van der Waals surface area contributed by atoms with Gasteiger partial charge in [-0.2, -0.15) is 5.10 Å². The maximum absolute atomic E-state index is 5.90. The van der Waals surface area contributed by atoms with Crippen LogP contribution in [0.15, 0.2) is 47.7 Å². The van der Waals surface area contributed by atoms with Crippen LogP contribution in [0.25, 0.3) is 0 Å². The Morgan fingerprint density at radius 1 is 1.31 bits per heavy atom. The molecule has 1 atom stereocenters. The molecule has 0 spiro atoms. The summed E-state index contributed by atoms with van der Waals surface area (Å²) in [5, 5.41) is 7.62. The monoisotopic (exact) mass is 469 g/mol. The number of likely N-dealkylation sites (tertiary alicyclic amines) is 1. The molecule has 1 N–H and O–H groups in total. The molecule has 1 fully saturated rings. The van der Waals surface area contributed by atoms with E-state index in [0.29, 0.717) is 12.5 Å². The first-order valence-corrected chi connectivity index (χ1v) is 8.79. The van der Waals surface area contributed by atoms with Crippen molar-refractivity contribution in [3.63, 3.8) is 0 Å². The SMILES string of the molecule is CN=C(NCc1cnn(C)c1)N1CCC(COCc2ccccc2)C1.I. The predicted octanol–water partition coefficient (Wildman–Crippen LogP) is 2.65. The van der Waals surface area contributed by atoms with Crippen LogP contribution in [0.1, 0.15) is 17.5 Å². The molecule has 1 unspecified atom stereocenters. The summed E-state index contributed by atoms with van der Waals surface area (Å²) >= 11 is 0. The Morgan fingerprint density at radius 2 is 2.12 bits per heavy atom. The zero-order valence-corrected chi connectivity index (χ0v) is 17.8. The standard InChI is InChI=1S/C19H27N5O.HI/c1-20-19(21-10-18-11-22-23(2)12-18)24-9-8-17(13-24)15-25-14-16-6-4-3-5-7-16;/h3-7,11-12,17H,8-10,13-15H2,1-2H3,(H,20,21);1H. The van der Waals surface area contributed by atoms with Crippen molar-refractivity contribution in [3.05, 3.63) is 53.9 Å². The number of rotatable bonds is 6. The van der Waals surface area contributed by atoms with E-state index in [1.54, 1.807) is 0 Å². The van der Waals surface area contributed by atoms with Crippen LogP contribution in [0.2, 0.25) is 0 Å². The largest absolute Gasteiger partial charge is 0.376 e. The Hall–Kier alpha value is -1.61. The van der Waals surface area contributed by atoms with Crippen LogP contribution in [0, 0.1) is 5.92 Å². The van der Waals surface area contributed by atoms with E-state index in [0.717, 1.165) is 44.2 Å². The average molecular weight is 469 g/mol. The maximum Gasteiger partial charge on any atom is 0.193 e. The molecular weight excluding hydrogens is 441 g/mol. The third kappa shape index (κ3) is 5.98. The summed E-state index contributed by atoms with van der Waals surface area (Å²) < 4.78 is 7.71. The van der Waals surface area contributed by atoms with Crippen LogP contribution >= 0.6 is 24.0 Å². The number of halogens is 1. The molecule has 0 radical (unpaired) electrons. The lowest BCUT2D eigenvalue weighted by Gasteiger charge is -2.21. The Bertz CT molecular complexity index is 688. The summed E-state index contributed by atoms with van der Waals surface area (Å²) in [6.07, 6.45) is 5.04. The first-order valence-electron chi connectivity index (χ1n) is 8.79.